The van der Waals surface area contributed by atoms with Gasteiger partial charge in [0.1, 0.15) is 6.26 Å². The zero-order chi connectivity index (χ0) is 12.3. The minimum atomic E-state index is -0.146. The molecule has 5 heteroatoms. The first kappa shape index (κ1) is 12.6. The van der Waals surface area contributed by atoms with Crippen molar-refractivity contribution in [2.45, 2.75) is 38.1 Å². The van der Waals surface area contributed by atoms with Crippen LogP contribution in [0.4, 0.5) is 0 Å². The Kier molecular flexibility index (Phi) is 3.86. The Morgan fingerprint density at radius 2 is 2.35 bits per heavy atom. The summed E-state index contributed by atoms with van der Waals surface area (Å²) in [4.78, 5) is 12.0. The van der Waals surface area contributed by atoms with Crippen LogP contribution >= 0.6 is 15.9 Å². The first-order valence-corrected chi connectivity index (χ1v) is 7.06. The van der Waals surface area contributed by atoms with Gasteiger partial charge >= 0.3 is 0 Å². The number of nitrogens with zero attached hydrogens (tertiary/aromatic N) is 1. The Balaban J connectivity index is 2.02. The topological polar surface area (TPSA) is 55.1 Å². The Morgan fingerprint density at radius 1 is 1.65 bits per heavy atom. The molecule has 0 bridgehead atoms. The van der Waals surface area contributed by atoms with Gasteiger partial charge in [0.15, 0.2) is 5.69 Å². The summed E-state index contributed by atoms with van der Waals surface area (Å²) in [5, 5.41) is 7.54. The molecule has 0 aromatic carbocycles. The molecule has 0 saturated heterocycles. The van der Waals surface area contributed by atoms with Crippen LogP contribution in [0, 0.1) is 5.92 Å². The van der Waals surface area contributed by atoms with E-state index >= 15 is 0 Å². The van der Waals surface area contributed by atoms with Crippen molar-refractivity contribution in [3.05, 3.63) is 18.0 Å². The maximum atomic E-state index is 12.0. The molecule has 1 aliphatic rings. The van der Waals surface area contributed by atoms with Crippen molar-refractivity contribution < 1.29 is 9.32 Å². The van der Waals surface area contributed by atoms with E-state index in [4.69, 9.17) is 0 Å². The first-order valence-electron chi connectivity index (χ1n) is 5.94. The molecule has 17 heavy (non-hydrogen) atoms. The lowest BCUT2D eigenvalue weighted by molar-refractivity contribution is 0.0865. The molecule has 0 atom stereocenters. The molecule has 1 aromatic heterocycles. The first-order chi connectivity index (χ1) is 8.15. The van der Waals surface area contributed by atoms with Crippen LogP contribution in [-0.4, -0.2) is 21.9 Å². The second-order valence-corrected chi connectivity index (χ2v) is 5.50. The van der Waals surface area contributed by atoms with Gasteiger partial charge in [0.2, 0.25) is 0 Å². The summed E-state index contributed by atoms with van der Waals surface area (Å²) in [5.74, 6) is 0.610. The third-order valence-corrected chi connectivity index (χ3v) is 4.61. The molecule has 1 amide bonds. The summed E-state index contributed by atoms with van der Waals surface area (Å²) in [5.41, 5.74) is 0.228. The second-order valence-electron chi connectivity index (χ2n) is 4.94. The fraction of sp³-hybridized carbons (Fsp3) is 0.667. The highest BCUT2D eigenvalue weighted by molar-refractivity contribution is 9.09. The number of halogens is 1. The summed E-state index contributed by atoms with van der Waals surface area (Å²) < 4.78 is 4.69. The van der Waals surface area contributed by atoms with Gasteiger partial charge in [-0.15, -0.1) is 0 Å². The van der Waals surface area contributed by atoms with E-state index in [1.54, 1.807) is 6.07 Å². The lowest BCUT2D eigenvalue weighted by Crippen LogP contribution is -2.52. The van der Waals surface area contributed by atoms with E-state index in [-0.39, 0.29) is 11.4 Å². The summed E-state index contributed by atoms with van der Waals surface area (Å²) in [6.45, 7) is 2.26. The fourth-order valence-electron chi connectivity index (χ4n) is 2.24. The summed E-state index contributed by atoms with van der Waals surface area (Å²) in [7, 11) is 0. The quantitative estimate of drug-likeness (QED) is 0.873. The van der Waals surface area contributed by atoms with Crippen molar-refractivity contribution in [1.29, 1.82) is 0 Å². The minimum Gasteiger partial charge on any atom is -0.364 e. The van der Waals surface area contributed by atoms with Crippen molar-refractivity contribution in [3.63, 3.8) is 0 Å². The van der Waals surface area contributed by atoms with Crippen LogP contribution in [0.1, 0.15) is 43.1 Å². The van der Waals surface area contributed by atoms with Gasteiger partial charge in [-0.25, -0.2) is 0 Å². The minimum absolute atomic E-state index is 0.122. The number of carbonyl (C=O) groups is 1. The molecule has 1 saturated carbocycles. The predicted molar refractivity (Wildman–Crippen MR) is 68.1 cm³/mol. The summed E-state index contributed by atoms with van der Waals surface area (Å²) in [6.07, 6.45) is 5.76. The van der Waals surface area contributed by atoms with E-state index in [0.29, 0.717) is 5.69 Å². The molecule has 4 nitrogen and oxygen atoms in total. The molecule has 1 aliphatic carbocycles. The molecule has 0 spiro atoms. The zero-order valence-electron chi connectivity index (χ0n) is 9.91. The zero-order valence-corrected chi connectivity index (χ0v) is 11.5. The van der Waals surface area contributed by atoms with E-state index in [2.05, 4.69) is 37.9 Å². The number of nitrogens with one attached hydrogen (secondary N) is 1. The number of alkyl halides is 1. The fourth-order valence-corrected chi connectivity index (χ4v) is 2.94. The number of aromatic nitrogens is 1. The molecular weight excluding hydrogens is 284 g/mol. The molecule has 0 unspecified atom stereocenters. The molecule has 2 rings (SSSR count). The second kappa shape index (κ2) is 5.21. The highest BCUT2D eigenvalue weighted by Gasteiger charge is 2.35. The van der Waals surface area contributed by atoms with Crippen molar-refractivity contribution >= 4 is 21.8 Å². The Morgan fingerprint density at radius 3 is 2.88 bits per heavy atom. The predicted octanol–water partition coefficient (Wildman–Crippen LogP) is 2.75. The van der Waals surface area contributed by atoms with Crippen LogP contribution in [0.2, 0.25) is 0 Å². The molecule has 0 radical (unpaired) electrons. The smallest absolute Gasteiger partial charge is 0.273 e. The van der Waals surface area contributed by atoms with E-state index in [9.17, 15) is 4.79 Å². The molecule has 0 aliphatic heterocycles. The van der Waals surface area contributed by atoms with Gasteiger partial charge in [0, 0.05) is 11.4 Å². The number of hydrogen-bond acceptors (Lipinski definition) is 3. The Bertz CT molecular complexity index is 370. The number of hydrogen-bond donors (Lipinski definition) is 1. The monoisotopic (exact) mass is 300 g/mol. The molecule has 1 aromatic rings. The van der Waals surface area contributed by atoms with E-state index in [1.165, 1.54) is 6.26 Å². The average Bonchev–Trinajstić information content (AvgIpc) is 2.86. The lowest BCUT2D eigenvalue weighted by atomic mass is 9.78. The van der Waals surface area contributed by atoms with Crippen LogP contribution in [0.25, 0.3) is 0 Å². The van der Waals surface area contributed by atoms with Gasteiger partial charge < -0.3 is 9.84 Å². The highest BCUT2D eigenvalue weighted by Crippen LogP contribution is 2.33. The molecule has 1 heterocycles. The van der Waals surface area contributed by atoms with Crippen LogP contribution in [0.15, 0.2) is 16.9 Å². The largest absolute Gasteiger partial charge is 0.364 e. The van der Waals surface area contributed by atoms with Crippen molar-refractivity contribution in [2.75, 3.05) is 5.33 Å². The van der Waals surface area contributed by atoms with Crippen LogP contribution in [-0.2, 0) is 0 Å². The van der Waals surface area contributed by atoms with Crippen molar-refractivity contribution in [3.8, 4) is 0 Å². The number of amides is 1. The third kappa shape index (κ3) is 2.89. The Labute approximate surface area is 109 Å². The van der Waals surface area contributed by atoms with Crippen molar-refractivity contribution in [1.82, 2.24) is 10.5 Å². The molecule has 94 valence electrons. The maximum Gasteiger partial charge on any atom is 0.273 e. The van der Waals surface area contributed by atoms with Crippen LogP contribution < -0.4 is 5.32 Å². The van der Waals surface area contributed by atoms with Crippen molar-refractivity contribution in [2.24, 2.45) is 5.92 Å². The number of rotatable bonds is 3. The van der Waals surface area contributed by atoms with Crippen LogP contribution in [0.3, 0.4) is 0 Å². The van der Waals surface area contributed by atoms with Gasteiger partial charge in [-0.2, -0.15) is 0 Å². The molecule has 1 fully saturated rings. The van der Waals surface area contributed by atoms with Gasteiger partial charge in [0.25, 0.3) is 5.91 Å². The summed E-state index contributed by atoms with van der Waals surface area (Å²) in [6, 6.07) is 1.59. The lowest BCUT2D eigenvalue weighted by Gasteiger charge is -2.38. The average molecular weight is 301 g/mol. The van der Waals surface area contributed by atoms with Gasteiger partial charge in [0.05, 0.1) is 5.54 Å². The Hall–Kier alpha value is -0.840. The molecule has 1 N–H and O–H groups in total. The van der Waals surface area contributed by atoms with E-state index in [0.717, 1.165) is 36.9 Å². The van der Waals surface area contributed by atoms with Crippen LogP contribution in [0.5, 0.6) is 0 Å². The van der Waals surface area contributed by atoms with E-state index in [1.807, 2.05) is 0 Å². The normalized spacial score (nSPS) is 28.9. The highest BCUT2D eigenvalue weighted by atomic mass is 79.9. The maximum absolute atomic E-state index is 12.0. The van der Waals surface area contributed by atoms with Gasteiger partial charge in [-0.1, -0.05) is 28.0 Å². The van der Waals surface area contributed by atoms with Gasteiger partial charge in [-0.05, 0) is 31.6 Å². The van der Waals surface area contributed by atoms with E-state index < -0.39 is 0 Å². The summed E-state index contributed by atoms with van der Waals surface area (Å²) >= 11 is 3.52. The SMILES string of the molecule is CC1CCC(CBr)(NC(=O)c2ccon2)CC1. The third-order valence-electron chi connectivity index (χ3n) is 3.54. The number of carbonyl (C=O) groups excluding carboxylic acids is 1. The van der Waals surface area contributed by atoms with Gasteiger partial charge in [-0.3, -0.25) is 4.79 Å². The molecular formula is C12H17BrN2O2. The standard InChI is InChI=1S/C12H17BrN2O2/c1-9-2-5-12(8-13,6-3-9)14-11(16)10-4-7-17-15-10/h4,7,9H,2-3,5-6,8H2,1H3,(H,14,16).